The smallest absolute Gasteiger partial charge is 0.124 e. The molecule has 17 heavy (non-hydrogen) atoms. The Balaban J connectivity index is 1.81. The van der Waals surface area contributed by atoms with Crippen LogP contribution >= 0.6 is 15.9 Å². The van der Waals surface area contributed by atoms with Crippen LogP contribution in [0.15, 0.2) is 22.7 Å². The van der Waals surface area contributed by atoms with E-state index in [0.29, 0.717) is 0 Å². The van der Waals surface area contributed by atoms with Crippen LogP contribution in [-0.2, 0) is 6.54 Å². The Hall–Kier alpha value is -0.410. The van der Waals surface area contributed by atoms with Crippen LogP contribution < -0.4 is 5.32 Å². The Morgan fingerprint density at radius 1 is 1.41 bits per heavy atom. The average Bonchev–Trinajstić information content (AvgIpc) is 2.68. The SMILES string of the molecule is CC1CCCC1CNCc1ccc(F)cc1Br. The molecule has 3 heteroatoms. The molecule has 0 spiro atoms. The summed E-state index contributed by atoms with van der Waals surface area (Å²) in [6, 6.07) is 4.87. The third-order valence-corrected chi connectivity index (χ3v) is 4.51. The van der Waals surface area contributed by atoms with E-state index < -0.39 is 0 Å². The summed E-state index contributed by atoms with van der Waals surface area (Å²) in [7, 11) is 0. The molecule has 2 unspecified atom stereocenters. The van der Waals surface area contributed by atoms with Gasteiger partial charge in [0, 0.05) is 11.0 Å². The predicted molar refractivity (Wildman–Crippen MR) is 72.3 cm³/mol. The molecule has 1 aromatic rings. The topological polar surface area (TPSA) is 12.0 Å². The molecule has 2 atom stereocenters. The summed E-state index contributed by atoms with van der Waals surface area (Å²) in [5, 5.41) is 3.48. The maximum absolute atomic E-state index is 12.9. The van der Waals surface area contributed by atoms with Crippen molar-refractivity contribution >= 4 is 15.9 Å². The van der Waals surface area contributed by atoms with Crippen molar-refractivity contribution in [1.82, 2.24) is 5.32 Å². The molecule has 1 fully saturated rings. The van der Waals surface area contributed by atoms with Gasteiger partial charge in [0.05, 0.1) is 0 Å². The number of benzene rings is 1. The second-order valence-electron chi connectivity index (χ2n) is 5.03. The molecule has 1 N–H and O–H groups in total. The highest BCUT2D eigenvalue weighted by atomic mass is 79.9. The van der Waals surface area contributed by atoms with E-state index in [1.165, 1.54) is 31.4 Å². The van der Waals surface area contributed by atoms with Crippen molar-refractivity contribution in [2.45, 2.75) is 32.7 Å². The van der Waals surface area contributed by atoms with Gasteiger partial charge in [0.15, 0.2) is 0 Å². The van der Waals surface area contributed by atoms with Crippen LogP contribution in [-0.4, -0.2) is 6.54 Å². The maximum atomic E-state index is 12.9. The Kier molecular flexibility index (Phi) is 4.57. The van der Waals surface area contributed by atoms with Crippen molar-refractivity contribution in [2.75, 3.05) is 6.54 Å². The van der Waals surface area contributed by atoms with E-state index >= 15 is 0 Å². The van der Waals surface area contributed by atoms with Crippen molar-refractivity contribution < 1.29 is 4.39 Å². The normalized spacial score (nSPS) is 24.2. The van der Waals surface area contributed by atoms with Crippen LogP contribution in [0.1, 0.15) is 31.7 Å². The van der Waals surface area contributed by atoms with Gasteiger partial charge >= 0.3 is 0 Å². The average molecular weight is 300 g/mol. The molecule has 0 radical (unpaired) electrons. The van der Waals surface area contributed by atoms with Gasteiger partial charge in [-0.05, 0) is 42.5 Å². The summed E-state index contributed by atoms with van der Waals surface area (Å²) >= 11 is 3.39. The Morgan fingerprint density at radius 2 is 2.24 bits per heavy atom. The molecule has 1 nitrogen and oxygen atoms in total. The lowest BCUT2D eigenvalue weighted by molar-refractivity contribution is 0.392. The highest BCUT2D eigenvalue weighted by molar-refractivity contribution is 9.10. The summed E-state index contributed by atoms with van der Waals surface area (Å²) in [5.74, 6) is 1.47. The van der Waals surface area contributed by atoms with E-state index in [1.807, 2.05) is 6.07 Å². The highest BCUT2D eigenvalue weighted by Gasteiger charge is 2.22. The van der Waals surface area contributed by atoms with E-state index in [-0.39, 0.29) is 5.82 Å². The molecule has 1 aliphatic rings. The number of halogens is 2. The minimum Gasteiger partial charge on any atom is -0.312 e. The van der Waals surface area contributed by atoms with Crippen molar-refractivity contribution in [3.63, 3.8) is 0 Å². The lowest BCUT2D eigenvalue weighted by Gasteiger charge is -2.16. The minimum atomic E-state index is -0.190. The van der Waals surface area contributed by atoms with Crippen molar-refractivity contribution in [3.8, 4) is 0 Å². The maximum Gasteiger partial charge on any atom is 0.124 e. The zero-order chi connectivity index (χ0) is 12.3. The molecular formula is C14H19BrFN. The first-order chi connectivity index (χ1) is 8.16. The summed E-state index contributed by atoms with van der Waals surface area (Å²) < 4.78 is 13.8. The predicted octanol–water partition coefficient (Wildman–Crippen LogP) is 4.11. The van der Waals surface area contributed by atoms with Crippen LogP contribution in [0, 0.1) is 17.7 Å². The third-order valence-electron chi connectivity index (χ3n) is 3.78. The molecule has 2 rings (SSSR count). The summed E-state index contributed by atoms with van der Waals surface area (Å²) in [4.78, 5) is 0. The highest BCUT2D eigenvalue weighted by Crippen LogP contribution is 2.30. The summed E-state index contributed by atoms with van der Waals surface area (Å²) in [6.07, 6.45) is 4.08. The first-order valence-electron chi connectivity index (χ1n) is 6.31. The van der Waals surface area contributed by atoms with Gasteiger partial charge in [-0.1, -0.05) is 41.8 Å². The van der Waals surface area contributed by atoms with Gasteiger partial charge in [0.2, 0.25) is 0 Å². The molecule has 0 bridgehead atoms. The molecule has 0 amide bonds. The number of rotatable bonds is 4. The van der Waals surface area contributed by atoms with Crippen LogP contribution in [0.4, 0.5) is 4.39 Å². The van der Waals surface area contributed by atoms with Gasteiger partial charge in [0.1, 0.15) is 5.82 Å². The lowest BCUT2D eigenvalue weighted by atomic mass is 9.98. The summed E-state index contributed by atoms with van der Waals surface area (Å²) in [5.41, 5.74) is 1.12. The molecule has 0 heterocycles. The zero-order valence-corrected chi connectivity index (χ0v) is 11.8. The molecular weight excluding hydrogens is 281 g/mol. The number of hydrogen-bond acceptors (Lipinski definition) is 1. The fourth-order valence-electron chi connectivity index (χ4n) is 2.58. The lowest BCUT2D eigenvalue weighted by Crippen LogP contribution is -2.24. The molecule has 0 aliphatic heterocycles. The summed E-state index contributed by atoms with van der Waals surface area (Å²) in [6.45, 7) is 4.22. The van der Waals surface area contributed by atoms with E-state index in [1.54, 1.807) is 0 Å². The second-order valence-corrected chi connectivity index (χ2v) is 5.89. The first-order valence-corrected chi connectivity index (χ1v) is 7.11. The van der Waals surface area contributed by atoms with Crippen molar-refractivity contribution in [2.24, 2.45) is 11.8 Å². The number of hydrogen-bond donors (Lipinski definition) is 1. The molecule has 1 saturated carbocycles. The van der Waals surface area contributed by atoms with E-state index in [9.17, 15) is 4.39 Å². The molecule has 94 valence electrons. The quantitative estimate of drug-likeness (QED) is 0.882. The van der Waals surface area contributed by atoms with Crippen LogP contribution in [0.3, 0.4) is 0 Å². The minimum absolute atomic E-state index is 0.190. The van der Waals surface area contributed by atoms with Crippen molar-refractivity contribution in [3.05, 3.63) is 34.1 Å². The molecule has 0 saturated heterocycles. The van der Waals surface area contributed by atoms with E-state index in [2.05, 4.69) is 28.2 Å². The third kappa shape index (κ3) is 3.52. The van der Waals surface area contributed by atoms with Gasteiger partial charge in [-0.3, -0.25) is 0 Å². The van der Waals surface area contributed by atoms with Gasteiger partial charge in [-0.15, -0.1) is 0 Å². The molecule has 1 aliphatic carbocycles. The first kappa shape index (κ1) is 13.0. The van der Waals surface area contributed by atoms with Crippen LogP contribution in [0.2, 0.25) is 0 Å². The van der Waals surface area contributed by atoms with Crippen LogP contribution in [0.25, 0.3) is 0 Å². The van der Waals surface area contributed by atoms with Crippen LogP contribution in [0.5, 0.6) is 0 Å². The fraction of sp³-hybridized carbons (Fsp3) is 0.571. The monoisotopic (exact) mass is 299 g/mol. The van der Waals surface area contributed by atoms with E-state index in [4.69, 9.17) is 0 Å². The molecule has 0 aromatic heterocycles. The standard InChI is InChI=1S/C14H19BrFN/c1-10-3-2-4-11(10)8-17-9-12-5-6-13(16)7-14(12)15/h5-7,10-11,17H,2-4,8-9H2,1H3. The van der Waals surface area contributed by atoms with E-state index in [0.717, 1.165) is 35.0 Å². The largest absolute Gasteiger partial charge is 0.312 e. The zero-order valence-electron chi connectivity index (χ0n) is 10.2. The molecule has 1 aromatic carbocycles. The van der Waals surface area contributed by atoms with Gasteiger partial charge in [0.25, 0.3) is 0 Å². The van der Waals surface area contributed by atoms with Gasteiger partial charge in [-0.2, -0.15) is 0 Å². The Labute approximate surface area is 111 Å². The van der Waals surface area contributed by atoms with Crippen molar-refractivity contribution in [1.29, 1.82) is 0 Å². The Morgan fingerprint density at radius 3 is 2.88 bits per heavy atom. The van der Waals surface area contributed by atoms with Gasteiger partial charge in [-0.25, -0.2) is 4.39 Å². The Bertz CT molecular complexity index is 380. The fourth-order valence-corrected chi connectivity index (χ4v) is 3.07. The number of nitrogens with one attached hydrogen (secondary N) is 1. The van der Waals surface area contributed by atoms with Gasteiger partial charge < -0.3 is 5.32 Å². The second kappa shape index (κ2) is 5.96.